The summed E-state index contributed by atoms with van der Waals surface area (Å²) in [6.07, 6.45) is 2.08. The molecule has 2 rings (SSSR count). The van der Waals surface area contributed by atoms with Gasteiger partial charge < -0.3 is 4.74 Å². The predicted molar refractivity (Wildman–Crippen MR) is 65.9 cm³/mol. The van der Waals surface area contributed by atoms with Crippen molar-refractivity contribution in [2.75, 3.05) is 13.7 Å². The molecule has 1 amide bonds. The van der Waals surface area contributed by atoms with Crippen molar-refractivity contribution in [3.05, 3.63) is 29.3 Å². The van der Waals surface area contributed by atoms with Crippen molar-refractivity contribution in [1.29, 1.82) is 0 Å². The van der Waals surface area contributed by atoms with Crippen LogP contribution in [0.1, 0.15) is 30.4 Å². The predicted octanol–water partition coefficient (Wildman–Crippen LogP) is 1.37. The van der Waals surface area contributed by atoms with Crippen LogP contribution in [-0.2, 0) is 11.2 Å². The summed E-state index contributed by atoms with van der Waals surface area (Å²) < 4.78 is 5.55. The van der Waals surface area contributed by atoms with E-state index in [0.717, 1.165) is 30.8 Å². The van der Waals surface area contributed by atoms with Crippen LogP contribution in [0.5, 0.6) is 5.75 Å². The van der Waals surface area contributed by atoms with Gasteiger partial charge in [-0.15, -0.1) is 0 Å². The zero-order chi connectivity index (χ0) is 12.3. The second kappa shape index (κ2) is 5.19. The number of hydrogen-bond donors (Lipinski definition) is 2. The summed E-state index contributed by atoms with van der Waals surface area (Å²) in [6.45, 7) is 2.69. The molecule has 17 heavy (non-hydrogen) atoms. The van der Waals surface area contributed by atoms with Gasteiger partial charge in [0, 0.05) is 7.05 Å². The van der Waals surface area contributed by atoms with Crippen molar-refractivity contribution in [2.24, 2.45) is 0 Å². The highest BCUT2D eigenvalue weighted by molar-refractivity contribution is 5.82. The molecule has 1 aliphatic heterocycles. The normalized spacial score (nSPS) is 15.6. The maximum absolute atomic E-state index is 11.7. The van der Waals surface area contributed by atoms with E-state index in [1.54, 1.807) is 7.05 Å². The summed E-state index contributed by atoms with van der Waals surface area (Å²) >= 11 is 0. The number of ether oxygens (including phenoxy) is 1. The van der Waals surface area contributed by atoms with Crippen LogP contribution in [-0.4, -0.2) is 19.6 Å². The molecule has 0 saturated heterocycles. The fourth-order valence-corrected chi connectivity index (χ4v) is 2.03. The SMILES string of the molecule is CNNC(=O)C(C)c1ccc2c(c1)CCCO2. The van der Waals surface area contributed by atoms with E-state index in [2.05, 4.69) is 16.9 Å². The van der Waals surface area contributed by atoms with Crippen molar-refractivity contribution < 1.29 is 9.53 Å². The van der Waals surface area contributed by atoms with Crippen LogP contribution in [0.4, 0.5) is 0 Å². The quantitative estimate of drug-likeness (QED) is 0.777. The van der Waals surface area contributed by atoms with Crippen LogP contribution in [0.25, 0.3) is 0 Å². The number of hydrogen-bond acceptors (Lipinski definition) is 3. The van der Waals surface area contributed by atoms with E-state index in [4.69, 9.17) is 4.74 Å². The molecule has 1 heterocycles. The summed E-state index contributed by atoms with van der Waals surface area (Å²) in [7, 11) is 1.69. The van der Waals surface area contributed by atoms with Crippen LogP contribution in [0.15, 0.2) is 18.2 Å². The van der Waals surface area contributed by atoms with Gasteiger partial charge in [-0.2, -0.15) is 0 Å². The van der Waals surface area contributed by atoms with E-state index < -0.39 is 0 Å². The smallest absolute Gasteiger partial charge is 0.241 e. The monoisotopic (exact) mass is 234 g/mol. The highest BCUT2D eigenvalue weighted by Crippen LogP contribution is 2.28. The van der Waals surface area contributed by atoms with E-state index in [0.29, 0.717) is 0 Å². The molecule has 0 fully saturated rings. The summed E-state index contributed by atoms with van der Waals surface area (Å²) in [5.74, 6) is 0.778. The largest absolute Gasteiger partial charge is 0.493 e. The number of benzene rings is 1. The zero-order valence-corrected chi connectivity index (χ0v) is 10.2. The minimum Gasteiger partial charge on any atom is -0.493 e. The highest BCUT2D eigenvalue weighted by Gasteiger charge is 2.17. The number of aryl methyl sites for hydroxylation is 1. The van der Waals surface area contributed by atoms with Crippen molar-refractivity contribution in [3.63, 3.8) is 0 Å². The first-order valence-corrected chi connectivity index (χ1v) is 5.94. The van der Waals surface area contributed by atoms with Crippen molar-refractivity contribution in [1.82, 2.24) is 10.9 Å². The third-order valence-electron chi connectivity index (χ3n) is 3.07. The van der Waals surface area contributed by atoms with Crippen LogP contribution in [0.3, 0.4) is 0 Å². The van der Waals surface area contributed by atoms with Gasteiger partial charge in [0.1, 0.15) is 5.75 Å². The second-order valence-electron chi connectivity index (χ2n) is 4.28. The maximum atomic E-state index is 11.7. The van der Waals surface area contributed by atoms with Gasteiger partial charge in [0.25, 0.3) is 0 Å². The van der Waals surface area contributed by atoms with E-state index in [9.17, 15) is 4.79 Å². The number of carbonyl (C=O) groups is 1. The minimum atomic E-state index is -0.158. The lowest BCUT2D eigenvalue weighted by Gasteiger charge is -2.19. The Morgan fingerprint density at radius 2 is 2.29 bits per heavy atom. The lowest BCUT2D eigenvalue weighted by Crippen LogP contribution is -2.37. The van der Waals surface area contributed by atoms with E-state index in [1.807, 2.05) is 19.1 Å². The third kappa shape index (κ3) is 2.58. The molecule has 92 valence electrons. The molecule has 0 aromatic heterocycles. The fraction of sp³-hybridized carbons (Fsp3) is 0.462. The number of fused-ring (bicyclic) bond motifs is 1. The van der Waals surface area contributed by atoms with Gasteiger partial charge in [0.15, 0.2) is 0 Å². The van der Waals surface area contributed by atoms with E-state index in [-0.39, 0.29) is 11.8 Å². The molecule has 4 heteroatoms. The van der Waals surface area contributed by atoms with Crippen molar-refractivity contribution in [2.45, 2.75) is 25.7 Å². The second-order valence-corrected chi connectivity index (χ2v) is 4.28. The molecular weight excluding hydrogens is 216 g/mol. The van der Waals surface area contributed by atoms with Crippen molar-refractivity contribution >= 4 is 5.91 Å². The summed E-state index contributed by atoms with van der Waals surface area (Å²) in [6, 6.07) is 6.01. The fourth-order valence-electron chi connectivity index (χ4n) is 2.03. The Balaban J connectivity index is 2.18. The number of carbonyl (C=O) groups excluding carboxylic acids is 1. The Labute approximate surface area is 101 Å². The number of rotatable bonds is 3. The Hall–Kier alpha value is -1.55. The van der Waals surface area contributed by atoms with Crippen LogP contribution in [0.2, 0.25) is 0 Å². The van der Waals surface area contributed by atoms with Crippen LogP contribution in [0, 0.1) is 0 Å². The van der Waals surface area contributed by atoms with E-state index in [1.165, 1.54) is 5.56 Å². The maximum Gasteiger partial charge on any atom is 0.241 e. The zero-order valence-electron chi connectivity index (χ0n) is 10.2. The molecule has 1 atom stereocenters. The van der Waals surface area contributed by atoms with Gasteiger partial charge in [-0.05, 0) is 37.0 Å². The molecule has 0 saturated carbocycles. The average Bonchev–Trinajstić information content (AvgIpc) is 2.37. The van der Waals surface area contributed by atoms with Gasteiger partial charge in [-0.25, -0.2) is 5.43 Å². The molecule has 1 aliphatic rings. The highest BCUT2D eigenvalue weighted by atomic mass is 16.5. The Morgan fingerprint density at radius 3 is 3.06 bits per heavy atom. The van der Waals surface area contributed by atoms with Gasteiger partial charge in [0.2, 0.25) is 5.91 Å². The molecule has 2 N–H and O–H groups in total. The summed E-state index contributed by atoms with van der Waals surface area (Å²) in [4.78, 5) is 11.7. The van der Waals surface area contributed by atoms with Gasteiger partial charge in [-0.3, -0.25) is 10.2 Å². The lowest BCUT2D eigenvalue weighted by molar-refractivity contribution is -0.123. The molecule has 0 radical (unpaired) electrons. The molecule has 4 nitrogen and oxygen atoms in total. The van der Waals surface area contributed by atoms with Gasteiger partial charge >= 0.3 is 0 Å². The first kappa shape index (κ1) is 11.9. The minimum absolute atomic E-state index is 0.0239. The number of amides is 1. The molecular formula is C13H18N2O2. The summed E-state index contributed by atoms with van der Waals surface area (Å²) in [5, 5.41) is 0. The lowest BCUT2D eigenvalue weighted by atomic mass is 9.95. The molecule has 1 aromatic carbocycles. The first-order chi connectivity index (χ1) is 8.22. The van der Waals surface area contributed by atoms with Crippen LogP contribution < -0.4 is 15.6 Å². The van der Waals surface area contributed by atoms with Crippen molar-refractivity contribution in [3.8, 4) is 5.75 Å². The molecule has 1 aromatic rings. The first-order valence-electron chi connectivity index (χ1n) is 5.94. The molecule has 0 bridgehead atoms. The molecule has 0 spiro atoms. The number of nitrogens with one attached hydrogen (secondary N) is 2. The van der Waals surface area contributed by atoms with E-state index >= 15 is 0 Å². The Morgan fingerprint density at radius 1 is 1.47 bits per heavy atom. The Kier molecular flexibility index (Phi) is 3.64. The van der Waals surface area contributed by atoms with Gasteiger partial charge in [0.05, 0.1) is 12.5 Å². The topological polar surface area (TPSA) is 50.4 Å². The van der Waals surface area contributed by atoms with Crippen LogP contribution >= 0.6 is 0 Å². The van der Waals surface area contributed by atoms with Gasteiger partial charge in [-0.1, -0.05) is 12.1 Å². The Bertz CT molecular complexity index is 418. The number of hydrazine groups is 1. The average molecular weight is 234 g/mol. The molecule has 1 unspecified atom stereocenters. The third-order valence-corrected chi connectivity index (χ3v) is 3.07. The standard InChI is InChI=1S/C13H18N2O2/c1-9(13(16)15-14-2)10-5-6-12-11(8-10)4-3-7-17-12/h5-6,8-9,14H,3-4,7H2,1-2H3,(H,15,16). The molecule has 0 aliphatic carbocycles. The summed E-state index contributed by atoms with van der Waals surface area (Å²) in [5.41, 5.74) is 7.50.